The van der Waals surface area contributed by atoms with E-state index in [9.17, 15) is 9.59 Å². The van der Waals surface area contributed by atoms with Gasteiger partial charge in [-0.25, -0.2) is 9.59 Å². The van der Waals surface area contributed by atoms with Gasteiger partial charge < -0.3 is 19.1 Å². The van der Waals surface area contributed by atoms with Gasteiger partial charge in [-0.2, -0.15) is 0 Å². The maximum Gasteiger partial charge on any atom is 0.410 e. The highest BCUT2D eigenvalue weighted by Gasteiger charge is 2.41. The van der Waals surface area contributed by atoms with Crippen molar-refractivity contribution in [3.63, 3.8) is 0 Å². The second kappa shape index (κ2) is 7.11. The number of likely N-dealkylation sites (tertiary alicyclic amines) is 1. The summed E-state index contributed by atoms with van der Waals surface area (Å²) in [6.07, 6.45) is 1.09. The van der Waals surface area contributed by atoms with Gasteiger partial charge in [0.1, 0.15) is 12.2 Å². The van der Waals surface area contributed by atoms with Crippen LogP contribution in [0.1, 0.15) is 47.5 Å². The van der Waals surface area contributed by atoms with Crippen molar-refractivity contribution in [3.8, 4) is 0 Å². The summed E-state index contributed by atoms with van der Waals surface area (Å²) in [6.45, 7) is 10.5. The van der Waals surface area contributed by atoms with E-state index in [0.717, 1.165) is 6.42 Å². The molecule has 6 nitrogen and oxygen atoms in total. The standard InChI is InChI=1S/C15H27NO5/c1-6-15(20-10-12(17)19-7-2)8-9-16(11-15)13(18)21-14(3,4)5/h6-11H2,1-5H3. The van der Waals surface area contributed by atoms with Crippen LogP contribution >= 0.6 is 0 Å². The number of hydrogen-bond acceptors (Lipinski definition) is 5. The van der Waals surface area contributed by atoms with Crippen LogP contribution in [0.2, 0.25) is 0 Å². The minimum Gasteiger partial charge on any atom is -0.464 e. The molecule has 0 aliphatic carbocycles. The molecule has 0 aromatic rings. The lowest BCUT2D eigenvalue weighted by atomic mass is 10.00. The van der Waals surface area contributed by atoms with Crippen LogP contribution < -0.4 is 0 Å². The van der Waals surface area contributed by atoms with E-state index in [1.807, 2.05) is 27.7 Å². The molecule has 0 N–H and O–H groups in total. The monoisotopic (exact) mass is 301 g/mol. The second-order valence-corrected chi connectivity index (χ2v) is 6.28. The zero-order valence-electron chi connectivity index (χ0n) is 13.7. The minimum absolute atomic E-state index is 0.0795. The summed E-state index contributed by atoms with van der Waals surface area (Å²) in [5.74, 6) is -0.374. The number of amides is 1. The van der Waals surface area contributed by atoms with E-state index in [-0.39, 0.29) is 18.7 Å². The molecule has 1 saturated heterocycles. The number of carbonyl (C=O) groups is 2. The SMILES string of the molecule is CCOC(=O)COC1(CC)CCN(C(=O)OC(C)(C)C)C1. The number of rotatable bonds is 5. The van der Waals surface area contributed by atoms with Crippen LogP contribution in [0.4, 0.5) is 4.79 Å². The molecular formula is C15H27NO5. The minimum atomic E-state index is -0.514. The largest absolute Gasteiger partial charge is 0.464 e. The van der Waals surface area contributed by atoms with Crippen molar-refractivity contribution in [1.29, 1.82) is 0 Å². The summed E-state index contributed by atoms with van der Waals surface area (Å²) >= 11 is 0. The lowest BCUT2D eigenvalue weighted by Gasteiger charge is -2.29. The van der Waals surface area contributed by atoms with Gasteiger partial charge in [-0.1, -0.05) is 6.92 Å². The Kier molecular flexibility index (Phi) is 6.01. The Hall–Kier alpha value is -1.30. The summed E-state index contributed by atoms with van der Waals surface area (Å²) in [5, 5.41) is 0. The smallest absolute Gasteiger partial charge is 0.410 e. The van der Waals surface area contributed by atoms with Crippen LogP contribution in [0.15, 0.2) is 0 Å². The first-order valence-corrected chi connectivity index (χ1v) is 7.49. The highest BCUT2D eigenvalue weighted by molar-refractivity contribution is 5.71. The molecule has 1 aliphatic rings. The molecule has 1 heterocycles. The lowest BCUT2D eigenvalue weighted by molar-refractivity contribution is -0.155. The predicted molar refractivity (Wildman–Crippen MR) is 78.0 cm³/mol. The molecule has 0 spiro atoms. The average molecular weight is 301 g/mol. The number of nitrogens with zero attached hydrogens (tertiary/aromatic N) is 1. The van der Waals surface area contributed by atoms with Crippen LogP contribution in [0.5, 0.6) is 0 Å². The van der Waals surface area contributed by atoms with Gasteiger partial charge >= 0.3 is 12.1 Å². The number of esters is 1. The number of ether oxygens (including phenoxy) is 3. The van der Waals surface area contributed by atoms with Gasteiger partial charge in [-0.15, -0.1) is 0 Å². The molecule has 0 radical (unpaired) electrons. The normalized spacial score (nSPS) is 22.2. The third kappa shape index (κ3) is 5.53. The van der Waals surface area contributed by atoms with Gasteiger partial charge in [0.05, 0.1) is 18.8 Å². The third-order valence-electron chi connectivity index (χ3n) is 3.41. The highest BCUT2D eigenvalue weighted by atomic mass is 16.6. The molecule has 0 aromatic carbocycles. The molecule has 1 fully saturated rings. The highest BCUT2D eigenvalue weighted by Crippen LogP contribution is 2.29. The van der Waals surface area contributed by atoms with Crippen molar-refractivity contribution >= 4 is 12.1 Å². The van der Waals surface area contributed by atoms with E-state index in [4.69, 9.17) is 14.2 Å². The van der Waals surface area contributed by atoms with Crippen LogP contribution in [-0.2, 0) is 19.0 Å². The van der Waals surface area contributed by atoms with Gasteiger partial charge in [0, 0.05) is 6.54 Å². The van der Waals surface area contributed by atoms with Gasteiger partial charge in [-0.05, 0) is 40.5 Å². The zero-order valence-corrected chi connectivity index (χ0v) is 13.7. The second-order valence-electron chi connectivity index (χ2n) is 6.28. The van der Waals surface area contributed by atoms with Crippen LogP contribution in [0.3, 0.4) is 0 Å². The molecular weight excluding hydrogens is 274 g/mol. The van der Waals surface area contributed by atoms with E-state index < -0.39 is 11.2 Å². The summed E-state index contributed by atoms with van der Waals surface area (Å²) in [6, 6.07) is 0. The topological polar surface area (TPSA) is 65.1 Å². The van der Waals surface area contributed by atoms with E-state index >= 15 is 0 Å². The van der Waals surface area contributed by atoms with Crippen molar-refractivity contribution in [2.75, 3.05) is 26.3 Å². The van der Waals surface area contributed by atoms with Crippen LogP contribution in [-0.4, -0.2) is 54.5 Å². The Labute approximate surface area is 126 Å². The molecule has 1 amide bonds. The molecule has 1 atom stereocenters. The number of hydrogen-bond donors (Lipinski definition) is 0. The van der Waals surface area contributed by atoms with Crippen molar-refractivity contribution in [3.05, 3.63) is 0 Å². The van der Waals surface area contributed by atoms with Crippen molar-refractivity contribution in [1.82, 2.24) is 4.90 Å². The van der Waals surface area contributed by atoms with Gasteiger partial charge in [-0.3, -0.25) is 0 Å². The van der Waals surface area contributed by atoms with Crippen molar-refractivity contribution in [2.45, 2.75) is 58.7 Å². The first kappa shape index (κ1) is 17.8. The molecule has 1 unspecified atom stereocenters. The first-order valence-electron chi connectivity index (χ1n) is 7.49. The summed E-state index contributed by atoms with van der Waals surface area (Å²) < 4.78 is 16.0. The Bertz CT molecular complexity index is 377. The molecule has 0 aromatic heterocycles. The van der Waals surface area contributed by atoms with Gasteiger partial charge in [0.15, 0.2) is 0 Å². The Morgan fingerprint density at radius 1 is 1.24 bits per heavy atom. The summed E-state index contributed by atoms with van der Waals surface area (Å²) in [5.41, 5.74) is -0.996. The van der Waals surface area contributed by atoms with Gasteiger partial charge in [0.25, 0.3) is 0 Å². The zero-order chi connectivity index (χ0) is 16.1. The molecule has 0 saturated carbocycles. The van der Waals surface area contributed by atoms with Crippen molar-refractivity contribution in [2.24, 2.45) is 0 Å². The molecule has 1 aliphatic heterocycles. The number of carbonyl (C=O) groups excluding carboxylic acids is 2. The van der Waals surface area contributed by atoms with Crippen LogP contribution in [0, 0.1) is 0 Å². The quantitative estimate of drug-likeness (QED) is 0.729. The van der Waals surface area contributed by atoms with E-state index in [0.29, 0.717) is 26.1 Å². The first-order chi connectivity index (χ1) is 9.71. The Balaban J connectivity index is 2.55. The third-order valence-corrected chi connectivity index (χ3v) is 3.41. The maximum atomic E-state index is 12.1. The fourth-order valence-electron chi connectivity index (χ4n) is 2.25. The maximum absolute atomic E-state index is 12.1. The Morgan fingerprint density at radius 3 is 2.43 bits per heavy atom. The Morgan fingerprint density at radius 2 is 1.90 bits per heavy atom. The fraction of sp³-hybridized carbons (Fsp3) is 0.867. The molecule has 0 bridgehead atoms. The molecule has 122 valence electrons. The van der Waals surface area contributed by atoms with E-state index in [2.05, 4.69) is 0 Å². The van der Waals surface area contributed by atoms with Gasteiger partial charge in [0.2, 0.25) is 0 Å². The van der Waals surface area contributed by atoms with Crippen molar-refractivity contribution < 1.29 is 23.8 Å². The predicted octanol–water partition coefficient (Wildman–Crippen LogP) is 2.36. The van der Waals surface area contributed by atoms with E-state index in [1.54, 1.807) is 11.8 Å². The van der Waals surface area contributed by atoms with E-state index in [1.165, 1.54) is 0 Å². The molecule has 21 heavy (non-hydrogen) atoms. The molecule has 6 heteroatoms. The van der Waals surface area contributed by atoms with Crippen LogP contribution in [0.25, 0.3) is 0 Å². The fourth-order valence-corrected chi connectivity index (χ4v) is 2.25. The summed E-state index contributed by atoms with van der Waals surface area (Å²) in [4.78, 5) is 25.1. The lowest BCUT2D eigenvalue weighted by Crippen LogP contribution is -2.41. The summed E-state index contributed by atoms with van der Waals surface area (Å²) in [7, 11) is 0. The average Bonchev–Trinajstić information content (AvgIpc) is 2.80. The molecule has 1 rings (SSSR count).